The minimum atomic E-state index is -0.236. The van der Waals surface area contributed by atoms with E-state index in [1.807, 2.05) is 37.4 Å². The first-order valence-corrected chi connectivity index (χ1v) is 8.27. The highest BCUT2D eigenvalue weighted by Crippen LogP contribution is 2.26. The van der Waals surface area contributed by atoms with Crippen LogP contribution in [0.1, 0.15) is 34.8 Å². The molecule has 2 heterocycles. The number of amides is 3. The number of hydrogen-bond donors (Lipinski definition) is 3. The Morgan fingerprint density at radius 2 is 2.30 bits per heavy atom. The lowest BCUT2D eigenvalue weighted by atomic mass is 10.0. The van der Waals surface area contributed by atoms with Gasteiger partial charge in [0.15, 0.2) is 0 Å². The van der Waals surface area contributed by atoms with Crippen molar-refractivity contribution in [1.29, 1.82) is 0 Å². The van der Waals surface area contributed by atoms with E-state index in [2.05, 4.69) is 20.9 Å². The van der Waals surface area contributed by atoms with Crippen molar-refractivity contribution in [3.63, 3.8) is 0 Å². The molecule has 0 bridgehead atoms. The number of aromatic nitrogens is 1. The quantitative estimate of drug-likeness (QED) is 0.805. The summed E-state index contributed by atoms with van der Waals surface area (Å²) in [5, 5.41) is 11.3. The molecule has 1 aliphatic heterocycles. The highest BCUT2D eigenvalue weighted by molar-refractivity contribution is 7.09. The van der Waals surface area contributed by atoms with Crippen LogP contribution in [0.2, 0.25) is 0 Å². The van der Waals surface area contributed by atoms with E-state index in [4.69, 9.17) is 0 Å². The van der Waals surface area contributed by atoms with E-state index in [1.54, 1.807) is 0 Å². The third-order valence-corrected chi connectivity index (χ3v) is 4.64. The zero-order valence-corrected chi connectivity index (χ0v) is 13.8. The van der Waals surface area contributed by atoms with Crippen LogP contribution in [0.4, 0.5) is 10.5 Å². The van der Waals surface area contributed by atoms with Gasteiger partial charge in [-0.1, -0.05) is 12.1 Å². The van der Waals surface area contributed by atoms with Gasteiger partial charge in [-0.3, -0.25) is 4.79 Å². The summed E-state index contributed by atoms with van der Waals surface area (Å²) in [5.74, 6) is 0.00856. The van der Waals surface area contributed by atoms with Crippen molar-refractivity contribution in [2.75, 3.05) is 5.32 Å². The Morgan fingerprint density at radius 1 is 1.48 bits per heavy atom. The molecule has 3 amide bonds. The fraction of sp³-hybridized carbons (Fsp3) is 0.312. The molecule has 0 spiro atoms. The van der Waals surface area contributed by atoms with Crippen molar-refractivity contribution in [3.8, 4) is 0 Å². The van der Waals surface area contributed by atoms with Gasteiger partial charge < -0.3 is 16.0 Å². The molecule has 1 aromatic heterocycles. The standard InChI is InChI=1S/C16H18N4O2S/c1-9-8-23-15(18-9)7-17-16(22)19-10(2)11-3-4-13-12(5-11)6-14(21)20-13/h3-5,8,10H,6-7H2,1-2H3,(H,20,21)(H2,17,19,22)/t10-/m0/s1. The zero-order valence-electron chi connectivity index (χ0n) is 13.0. The summed E-state index contributed by atoms with van der Waals surface area (Å²) in [6, 6.07) is 5.38. The second-order valence-electron chi connectivity index (χ2n) is 5.57. The first-order valence-electron chi connectivity index (χ1n) is 7.39. The lowest BCUT2D eigenvalue weighted by molar-refractivity contribution is -0.115. The summed E-state index contributed by atoms with van der Waals surface area (Å²) in [7, 11) is 0. The monoisotopic (exact) mass is 330 g/mol. The van der Waals surface area contributed by atoms with E-state index < -0.39 is 0 Å². The largest absolute Gasteiger partial charge is 0.332 e. The molecule has 0 aliphatic carbocycles. The second kappa shape index (κ2) is 6.37. The Kier molecular flexibility index (Phi) is 4.29. The van der Waals surface area contributed by atoms with E-state index in [0.29, 0.717) is 13.0 Å². The Morgan fingerprint density at radius 3 is 3.04 bits per heavy atom. The topological polar surface area (TPSA) is 83.1 Å². The zero-order chi connectivity index (χ0) is 16.4. The maximum Gasteiger partial charge on any atom is 0.315 e. The van der Waals surface area contributed by atoms with E-state index in [0.717, 1.165) is 27.5 Å². The van der Waals surface area contributed by atoms with Crippen LogP contribution in [0.3, 0.4) is 0 Å². The van der Waals surface area contributed by atoms with Gasteiger partial charge in [0.25, 0.3) is 0 Å². The highest BCUT2D eigenvalue weighted by atomic mass is 32.1. The Hall–Kier alpha value is -2.41. The van der Waals surface area contributed by atoms with Crippen molar-refractivity contribution in [2.45, 2.75) is 32.9 Å². The first kappa shape index (κ1) is 15.5. The van der Waals surface area contributed by atoms with Gasteiger partial charge in [-0.15, -0.1) is 11.3 Å². The minimum absolute atomic E-state index is 0.00856. The average molecular weight is 330 g/mol. The Balaban J connectivity index is 1.56. The van der Waals surface area contributed by atoms with Crippen LogP contribution in [0.15, 0.2) is 23.6 Å². The summed E-state index contributed by atoms with van der Waals surface area (Å²) in [5.41, 5.74) is 3.76. The number of benzene rings is 1. The fourth-order valence-corrected chi connectivity index (χ4v) is 3.20. The first-order chi connectivity index (χ1) is 11.0. The van der Waals surface area contributed by atoms with Gasteiger partial charge in [-0.2, -0.15) is 0 Å². The SMILES string of the molecule is Cc1csc(CNC(=O)N[C@@H](C)c2ccc3c(c2)CC(=O)N3)n1. The molecule has 1 aliphatic rings. The lowest BCUT2D eigenvalue weighted by Crippen LogP contribution is -2.36. The molecule has 1 aromatic carbocycles. The molecule has 2 aromatic rings. The number of carbonyl (C=O) groups excluding carboxylic acids is 2. The van der Waals surface area contributed by atoms with Crippen molar-refractivity contribution >= 4 is 29.0 Å². The summed E-state index contributed by atoms with van der Waals surface area (Å²) in [6.07, 6.45) is 0.394. The number of anilines is 1. The van der Waals surface area contributed by atoms with Crippen LogP contribution in [-0.4, -0.2) is 16.9 Å². The van der Waals surface area contributed by atoms with E-state index in [1.165, 1.54) is 11.3 Å². The van der Waals surface area contributed by atoms with Crippen LogP contribution in [0, 0.1) is 6.92 Å². The van der Waals surface area contributed by atoms with Gasteiger partial charge in [0.2, 0.25) is 5.91 Å². The third-order valence-electron chi connectivity index (χ3n) is 3.67. The molecular formula is C16H18N4O2S. The highest BCUT2D eigenvalue weighted by Gasteiger charge is 2.19. The number of urea groups is 1. The molecule has 6 nitrogen and oxygen atoms in total. The summed E-state index contributed by atoms with van der Waals surface area (Å²) in [4.78, 5) is 27.7. The number of carbonyl (C=O) groups is 2. The van der Waals surface area contributed by atoms with Crippen LogP contribution in [0.5, 0.6) is 0 Å². The normalized spacial score (nSPS) is 14.1. The maximum atomic E-state index is 12.0. The number of rotatable bonds is 4. The third kappa shape index (κ3) is 3.68. The molecule has 120 valence electrons. The van der Waals surface area contributed by atoms with Gasteiger partial charge in [0, 0.05) is 16.8 Å². The Bertz CT molecular complexity index is 756. The van der Waals surface area contributed by atoms with Gasteiger partial charge in [0.1, 0.15) is 5.01 Å². The van der Waals surface area contributed by atoms with Crippen molar-refractivity contribution in [3.05, 3.63) is 45.4 Å². The molecule has 0 saturated carbocycles. The number of fused-ring (bicyclic) bond motifs is 1. The number of thiazole rings is 1. The number of nitrogens with one attached hydrogen (secondary N) is 3. The minimum Gasteiger partial charge on any atom is -0.332 e. The van der Waals surface area contributed by atoms with Gasteiger partial charge >= 0.3 is 6.03 Å². The lowest BCUT2D eigenvalue weighted by Gasteiger charge is -2.15. The summed E-state index contributed by atoms with van der Waals surface area (Å²) >= 11 is 1.53. The molecule has 1 atom stereocenters. The van der Waals surface area contributed by atoms with E-state index >= 15 is 0 Å². The van der Waals surface area contributed by atoms with Crippen molar-refractivity contribution < 1.29 is 9.59 Å². The number of hydrogen-bond acceptors (Lipinski definition) is 4. The molecule has 7 heteroatoms. The van der Waals surface area contributed by atoms with Crippen LogP contribution < -0.4 is 16.0 Å². The van der Waals surface area contributed by atoms with Gasteiger partial charge in [-0.05, 0) is 31.0 Å². The van der Waals surface area contributed by atoms with Gasteiger partial charge in [-0.25, -0.2) is 9.78 Å². The van der Waals surface area contributed by atoms with Crippen LogP contribution >= 0.6 is 11.3 Å². The van der Waals surface area contributed by atoms with E-state index in [9.17, 15) is 9.59 Å². The molecule has 3 N–H and O–H groups in total. The second-order valence-corrected chi connectivity index (χ2v) is 6.52. The molecule has 0 fully saturated rings. The van der Waals surface area contributed by atoms with Gasteiger partial charge in [0.05, 0.1) is 19.0 Å². The van der Waals surface area contributed by atoms with Crippen molar-refractivity contribution in [2.24, 2.45) is 0 Å². The predicted octanol–water partition coefficient (Wildman–Crippen LogP) is 2.51. The molecule has 0 unspecified atom stereocenters. The number of aryl methyl sites for hydroxylation is 1. The predicted molar refractivity (Wildman–Crippen MR) is 89.4 cm³/mol. The van der Waals surface area contributed by atoms with Crippen LogP contribution in [-0.2, 0) is 17.8 Å². The van der Waals surface area contributed by atoms with E-state index in [-0.39, 0.29) is 18.0 Å². The smallest absolute Gasteiger partial charge is 0.315 e. The van der Waals surface area contributed by atoms with Crippen molar-refractivity contribution in [1.82, 2.24) is 15.6 Å². The fourth-order valence-electron chi connectivity index (χ4n) is 2.49. The number of nitrogens with zero attached hydrogens (tertiary/aromatic N) is 1. The Labute approximate surface area is 138 Å². The maximum absolute atomic E-state index is 12.0. The average Bonchev–Trinajstić information content (AvgIpc) is 3.08. The molecule has 0 radical (unpaired) electrons. The van der Waals surface area contributed by atoms with Crippen LogP contribution in [0.25, 0.3) is 0 Å². The molecule has 0 saturated heterocycles. The molecular weight excluding hydrogens is 312 g/mol. The summed E-state index contributed by atoms with van der Waals surface area (Å²) in [6.45, 7) is 4.26. The summed E-state index contributed by atoms with van der Waals surface area (Å²) < 4.78 is 0. The molecule has 23 heavy (non-hydrogen) atoms. The molecule has 3 rings (SSSR count).